The summed E-state index contributed by atoms with van der Waals surface area (Å²) in [4.78, 5) is 13.8. The highest BCUT2D eigenvalue weighted by Crippen LogP contribution is 2.26. The number of halogens is 1. The summed E-state index contributed by atoms with van der Waals surface area (Å²) in [6, 6.07) is 0.221. The van der Waals surface area contributed by atoms with Crippen molar-refractivity contribution in [1.82, 2.24) is 14.5 Å². The molecule has 8 nitrogen and oxygen atoms in total. The summed E-state index contributed by atoms with van der Waals surface area (Å²) in [6.45, 7) is 4.61. The van der Waals surface area contributed by atoms with E-state index in [1.54, 1.807) is 6.20 Å². The maximum atomic E-state index is 6.30. The summed E-state index contributed by atoms with van der Waals surface area (Å²) >= 11 is 6.30. The molecule has 1 fully saturated rings. The van der Waals surface area contributed by atoms with Gasteiger partial charge in [0, 0.05) is 32.2 Å². The number of ether oxygens (including phenoxy) is 2. The van der Waals surface area contributed by atoms with Gasteiger partial charge >= 0.3 is 0 Å². The van der Waals surface area contributed by atoms with E-state index in [4.69, 9.17) is 31.8 Å². The lowest BCUT2D eigenvalue weighted by Gasteiger charge is -2.20. The smallest absolute Gasteiger partial charge is 0.229 e. The molecule has 2 bridgehead atoms. The largest absolute Gasteiger partial charge is 0.478 e. The number of aryl methyl sites for hydroxylation is 1. The van der Waals surface area contributed by atoms with E-state index in [0.717, 1.165) is 55.8 Å². The highest BCUT2D eigenvalue weighted by atomic mass is 35.5. The van der Waals surface area contributed by atoms with Crippen molar-refractivity contribution in [2.45, 2.75) is 38.8 Å². The molecule has 0 radical (unpaired) electrons. The molecular formula is C18H23ClN6O2. The summed E-state index contributed by atoms with van der Waals surface area (Å²) in [5, 5.41) is 4.67. The zero-order valence-corrected chi connectivity index (χ0v) is 16.0. The van der Waals surface area contributed by atoms with Crippen LogP contribution in [0.1, 0.15) is 26.2 Å². The van der Waals surface area contributed by atoms with Crippen molar-refractivity contribution in [2.24, 2.45) is 10.7 Å². The normalized spacial score (nSPS) is 22.4. The van der Waals surface area contributed by atoms with E-state index in [2.05, 4.69) is 15.3 Å². The maximum absolute atomic E-state index is 6.30. The molecule has 27 heavy (non-hydrogen) atoms. The number of aromatic nitrogens is 3. The Balaban J connectivity index is 1.70. The molecule has 0 unspecified atom stereocenters. The summed E-state index contributed by atoms with van der Waals surface area (Å²) in [5.74, 6) is 0.736. The molecule has 0 saturated carbocycles. The van der Waals surface area contributed by atoms with Crippen molar-refractivity contribution in [2.75, 3.05) is 25.1 Å². The van der Waals surface area contributed by atoms with E-state index in [1.165, 1.54) is 0 Å². The molecule has 0 aromatic carbocycles. The second kappa shape index (κ2) is 7.74. The number of nitrogens with two attached hydrogens (primary N) is 1. The second-order valence-electron chi connectivity index (χ2n) is 6.73. The average molecular weight is 391 g/mol. The van der Waals surface area contributed by atoms with E-state index in [0.29, 0.717) is 29.2 Å². The molecule has 144 valence electrons. The first kappa shape index (κ1) is 18.1. The molecule has 4 heterocycles. The van der Waals surface area contributed by atoms with Gasteiger partial charge in [-0.1, -0.05) is 11.6 Å². The summed E-state index contributed by atoms with van der Waals surface area (Å²) in [6.07, 6.45) is 6.18. The molecule has 2 aliphatic rings. The molecule has 2 aromatic rings. The van der Waals surface area contributed by atoms with E-state index >= 15 is 0 Å². The second-order valence-corrected chi connectivity index (χ2v) is 7.13. The number of allylic oxidation sites excluding steroid dienone is 1. The lowest BCUT2D eigenvalue weighted by atomic mass is 10.1. The van der Waals surface area contributed by atoms with Gasteiger partial charge in [-0.05, 0) is 26.2 Å². The molecule has 4 rings (SSSR count). The van der Waals surface area contributed by atoms with Gasteiger partial charge in [0.05, 0.1) is 28.8 Å². The quantitative estimate of drug-likeness (QED) is 0.765. The van der Waals surface area contributed by atoms with Gasteiger partial charge in [0.1, 0.15) is 11.3 Å². The number of nitrogens with zero attached hydrogens (tertiary/aromatic N) is 4. The van der Waals surface area contributed by atoms with Crippen LogP contribution in [0.4, 0.5) is 5.95 Å². The van der Waals surface area contributed by atoms with Crippen molar-refractivity contribution < 1.29 is 9.47 Å². The molecule has 9 heteroatoms. The Morgan fingerprint density at radius 2 is 2.19 bits per heavy atom. The van der Waals surface area contributed by atoms with Crippen LogP contribution in [0.2, 0.25) is 5.02 Å². The average Bonchev–Trinajstić information content (AvgIpc) is 2.98. The SMILES string of the molecule is CC(=NC1CCOCC1)/C1=C(\N)OCCCn2cc(Cl)c3cnc(nc32)N1. The first-order chi connectivity index (χ1) is 13.1. The van der Waals surface area contributed by atoms with Gasteiger partial charge in [-0.3, -0.25) is 4.99 Å². The van der Waals surface area contributed by atoms with Crippen molar-refractivity contribution in [1.29, 1.82) is 0 Å². The van der Waals surface area contributed by atoms with Crippen LogP contribution < -0.4 is 11.1 Å². The fraction of sp³-hybridized carbons (Fsp3) is 0.500. The molecule has 0 aliphatic carbocycles. The Kier molecular flexibility index (Phi) is 5.18. The number of aliphatic imine (C=N–C) groups is 1. The Hall–Kier alpha value is -2.32. The molecule has 1 saturated heterocycles. The van der Waals surface area contributed by atoms with Crippen molar-refractivity contribution in [3.63, 3.8) is 0 Å². The monoisotopic (exact) mass is 390 g/mol. The number of nitrogens with one attached hydrogen (secondary N) is 1. The predicted octanol–water partition coefficient (Wildman–Crippen LogP) is 2.68. The van der Waals surface area contributed by atoms with Crippen LogP contribution >= 0.6 is 11.6 Å². The zero-order chi connectivity index (χ0) is 18.8. The fourth-order valence-electron chi connectivity index (χ4n) is 3.34. The Morgan fingerprint density at radius 1 is 1.37 bits per heavy atom. The van der Waals surface area contributed by atoms with Gasteiger partial charge in [0.15, 0.2) is 0 Å². The van der Waals surface area contributed by atoms with E-state index < -0.39 is 0 Å². The number of rotatable bonds is 2. The minimum absolute atomic E-state index is 0.221. The Bertz CT molecular complexity index is 901. The Labute approximate surface area is 162 Å². The third kappa shape index (κ3) is 3.86. The third-order valence-corrected chi connectivity index (χ3v) is 5.08. The molecule has 0 spiro atoms. The highest BCUT2D eigenvalue weighted by molar-refractivity contribution is 6.35. The number of hydrogen-bond acceptors (Lipinski definition) is 7. The first-order valence-corrected chi connectivity index (χ1v) is 9.53. The van der Waals surface area contributed by atoms with Crippen molar-refractivity contribution >= 4 is 34.3 Å². The van der Waals surface area contributed by atoms with Crippen LogP contribution in [-0.4, -0.2) is 46.1 Å². The highest BCUT2D eigenvalue weighted by Gasteiger charge is 2.18. The lowest BCUT2D eigenvalue weighted by Crippen LogP contribution is -2.24. The van der Waals surface area contributed by atoms with E-state index in [9.17, 15) is 0 Å². The minimum Gasteiger partial charge on any atom is -0.478 e. The molecule has 2 aliphatic heterocycles. The van der Waals surface area contributed by atoms with Gasteiger partial charge < -0.3 is 25.1 Å². The Morgan fingerprint density at radius 3 is 3.00 bits per heavy atom. The topological polar surface area (TPSA) is 99.6 Å². The van der Waals surface area contributed by atoms with Crippen LogP contribution in [0.15, 0.2) is 29.0 Å². The zero-order valence-electron chi connectivity index (χ0n) is 15.2. The van der Waals surface area contributed by atoms with Crippen molar-refractivity contribution in [3.8, 4) is 0 Å². The molecule has 2 aromatic heterocycles. The minimum atomic E-state index is 0.221. The van der Waals surface area contributed by atoms with Gasteiger partial charge in [-0.15, -0.1) is 0 Å². The van der Waals surface area contributed by atoms with Gasteiger partial charge in [0.25, 0.3) is 0 Å². The third-order valence-electron chi connectivity index (χ3n) is 4.78. The predicted molar refractivity (Wildman–Crippen MR) is 105 cm³/mol. The molecule has 3 N–H and O–H groups in total. The van der Waals surface area contributed by atoms with Crippen LogP contribution in [0, 0.1) is 0 Å². The van der Waals surface area contributed by atoms with Crippen LogP contribution in [0.3, 0.4) is 0 Å². The maximum Gasteiger partial charge on any atom is 0.229 e. The van der Waals surface area contributed by atoms with Gasteiger partial charge in [-0.2, -0.15) is 4.98 Å². The summed E-state index contributed by atoms with van der Waals surface area (Å²) < 4.78 is 13.2. The number of anilines is 1. The van der Waals surface area contributed by atoms with Crippen LogP contribution in [0.5, 0.6) is 0 Å². The first-order valence-electron chi connectivity index (χ1n) is 9.15. The van der Waals surface area contributed by atoms with E-state index in [1.807, 2.05) is 17.7 Å². The molecule has 0 amide bonds. The molecule has 0 atom stereocenters. The standard InChI is InChI=1S/C18H23ClN6O2/c1-11(22-12-3-7-26-8-4-12)15-16(20)27-6-2-5-25-10-14(19)13-9-21-18(23-15)24-17(13)25/h9-10,12H,2-8,20H2,1H3,(H,21,23,24)/b16-15-,22-11?. The summed E-state index contributed by atoms with van der Waals surface area (Å²) in [5.41, 5.74) is 8.38. The van der Waals surface area contributed by atoms with Gasteiger partial charge in [-0.25, -0.2) is 4.98 Å². The number of fused-ring (bicyclic) bond motifs is 1. The van der Waals surface area contributed by atoms with Gasteiger partial charge in [0.2, 0.25) is 11.8 Å². The lowest BCUT2D eigenvalue weighted by molar-refractivity contribution is 0.0871. The van der Waals surface area contributed by atoms with Crippen molar-refractivity contribution in [3.05, 3.63) is 29.0 Å². The fourth-order valence-corrected chi connectivity index (χ4v) is 3.59. The number of hydrogen-bond donors (Lipinski definition) is 2. The van der Waals surface area contributed by atoms with Crippen LogP contribution in [0.25, 0.3) is 11.0 Å². The van der Waals surface area contributed by atoms with Crippen LogP contribution in [-0.2, 0) is 16.0 Å². The molecular weight excluding hydrogens is 368 g/mol. The van der Waals surface area contributed by atoms with E-state index in [-0.39, 0.29) is 6.04 Å². The summed E-state index contributed by atoms with van der Waals surface area (Å²) in [7, 11) is 0.